The van der Waals surface area contributed by atoms with E-state index < -0.39 is 30.1 Å². The van der Waals surface area contributed by atoms with E-state index in [2.05, 4.69) is 20.3 Å². The molecule has 8 nitrogen and oxygen atoms in total. The Morgan fingerprint density at radius 2 is 1.90 bits per heavy atom. The molecule has 7 rings (SSSR count). The van der Waals surface area contributed by atoms with Gasteiger partial charge in [-0.1, -0.05) is 16.8 Å². The van der Waals surface area contributed by atoms with Gasteiger partial charge in [0.25, 0.3) is 12.0 Å². The molecule has 13 heteroatoms. The van der Waals surface area contributed by atoms with Gasteiger partial charge in [-0.05, 0) is 54.3 Å². The highest BCUT2D eigenvalue weighted by Crippen LogP contribution is 2.60. The molecule has 202 valence electrons. The molecule has 1 saturated carbocycles. The monoisotopic (exact) mass is 567 g/mol. The van der Waals surface area contributed by atoms with Gasteiger partial charge in [-0.25, -0.2) is 23.4 Å². The molecule has 3 atom stereocenters. The summed E-state index contributed by atoms with van der Waals surface area (Å²) in [5.41, 5.74) is 7.42. The summed E-state index contributed by atoms with van der Waals surface area (Å²) < 4.78 is 58.5. The highest BCUT2D eigenvalue weighted by atomic mass is 35.5. The zero-order valence-electron chi connectivity index (χ0n) is 20.4. The summed E-state index contributed by atoms with van der Waals surface area (Å²) in [7, 11) is 0. The Bertz CT molecular complexity index is 1850. The van der Waals surface area contributed by atoms with Crippen LogP contribution in [-0.4, -0.2) is 30.3 Å². The molecule has 1 fully saturated rings. The van der Waals surface area contributed by atoms with Crippen LogP contribution in [-0.2, 0) is 0 Å². The quantitative estimate of drug-likeness (QED) is 0.191. The van der Waals surface area contributed by atoms with Crippen LogP contribution in [0, 0.1) is 11.9 Å². The maximum Gasteiger partial charge on any atom is 0.283 e. The Kier molecular flexibility index (Phi) is 5.46. The Hall–Kier alpha value is -4.32. The minimum atomic E-state index is -2.79. The Labute approximate surface area is 228 Å². The second-order valence-electron chi connectivity index (χ2n) is 10.0. The number of anilines is 1. The smallest absolute Gasteiger partial charge is 0.283 e. The summed E-state index contributed by atoms with van der Waals surface area (Å²) in [4.78, 5) is 21.2. The van der Waals surface area contributed by atoms with Crippen LogP contribution in [0.25, 0.3) is 22.4 Å². The zero-order chi connectivity index (χ0) is 27.9. The maximum absolute atomic E-state index is 15.0. The lowest BCUT2D eigenvalue weighted by molar-refractivity contribution is 0.146. The highest BCUT2D eigenvalue weighted by molar-refractivity contribution is 6.31. The lowest BCUT2D eigenvalue weighted by Crippen LogP contribution is -2.29. The fourth-order valence-corrected chi connectivity index (χ4v) is 5.97. The Morgan fingerprint density at radius 3 is 2.65 bits per heavy atom. The van der Waals surface area contributed by atoms with Gasteiger partial charge in [0.15, 0.2) is 0 Å². The largest absolute Gasteiger partial charge is 0.384 e. The van der Waals surface area contributed by atoms with E-state index in [0.717, 1.165) is 18.3 Å². The predicted octanol–water partition coefficient (Wildman–Crippen LogP) is 5.64. The van der Waals surface area contributed by atoms with Gasteiger partial charge in [0, 0.05) is 51.5 Å². The maximum atomic E-state index is 15.0. The average Bonchev–Trinajstić information content (AvgIpc) is 3.21. The van der Waals surface area contributed by atoms with E-state index >= 15 is 0 Å². The fraction of sp³-hybridized carbons (Fsp3) is 0.222. The van der Waals surface area contributed by atoms with Crippen molar-refractivity contribution >= 4 is 28.7 Å². The van der Waals surface area contributed by atoms with Crippen LogP contribution in [0.15, 0.2) is 64.4 Å². The number of allylic oxidation sites excluding steroid dienone is 1. The number of hydrogen-bond acceptors (Lipinski definition) is 6. The first kappa shape index (κ1) is 24.7. The summed E-state index contributed by atoms with van der Waals surface area (Å²) in [5.74, 6) is -1.61. The van der Waals surface area contributed by atoms with Gasteiger partial charge in [0.05, 0.1) is 17.9 Å². The van der Waals surface area contributed by atoms with E-state index in [1.165, 1.54) is 22.9 Å². The molecule has 4 aromatic rings. The summed E-state index contributed by atoms with van der Waals surface area (Å²) >= 11 is 6.27. The van der Waals surface area contributed by atoms with Crippen molar-refractivity contribution in [1.29, 1.82) is 0 Å². The molecule has 2 N–H and O–H groups in total. The first-order chi connectivity index (χ1) is 19.2. The van der Waals surface area contributed by atoms with Crippen LogP contribution >= 0.6 is 11.6 Å². The number of hydrogen-bond donors (Lipinski definition) is 1. The first-order valence-corrected chi connectivity index (χ1v) is 12.7. The average molecular weight is 568 g/mol. The molecule has 0 saturated heterocycles. The summed E-state index contributed by atoms with van der Waals surface area (Å²) in [6.45, 7) is 0. The number of alkyl halides is 2. The second-order valence-corrected chi connectivity index (χ2v) is 10.4. The third-order valence-electron chi connectivity index (χ3n) is 7.64. The molecular weight excluding hydrogens is 550 g/mol. The number of aromatic nitrogens is 5. The van der Waals surface area contributed by atoms with Gasteiger partial charge in [0.2, 0.25) is 11.9 Å². The van der Waals surface area contributed by atoms with Gasteiger partial charge in [-0.2, -0.15) is 8.78 Å². The van der Waals surface area contributed by atoms with Gasteiger partial charge >= 0.3 is 0 Å². The van der Waals surface area contributed by atoms with Crippen molar-refractivity contribution < 1.29 is 17.6 Å². The van der Waals surface area contributed by atoms with E-state index in [9.17, 15) is 22.4 Å². The van der Waals surface area contributed by atoms with Crippen LogP contribution in [0.2, 0.25) is 5.02 Å². The standard InChI is InChI=1S/C27H18ClF4N7O/c28-12-1-3-20(38-10-19(25(29)30)36-37-38)14(7-12)11-5-21-15-8-16(15)24(39(21)23(40)6-11)18-9-17(27(32)34-18)13-2-4-22(33)35-26(13)31/h1-7,10,15-16,24-25H,8-9H2,(H2,33,35)/t15-,16+,24+/m1/s1. The van der Waals surface area contributed by atoms with Crippen LogP contribution < -0.4 is 11.3 Å². The molecule has 3 aliphatic rings. The minimum absolute atomic E-state index is 0.0181. The van der Waals surface area contributed by atoms with Crippen LogP contribution in [0.3, 0.4) is 0 Å². The van der Waals surface area contributed by atoms with Crippen molar-refractivity contribution in [2.24, 2.45) is 10.9 Å². The van der Waals surface area contributed by atoms with E-state index in [-0.39, 0.29) is 40.8 Å². The van der Waals surface area contributed by atoms with E-state index in [0.29, 0.717) is 27.5 Å². The Morgan fingerprint density at radius 1 is 1.07 bits per heavy atom. The number of halogens is 5. The van der Waals surface area contributed by atoms with Crippen molar-refractivity contribution in [2.75, 3.05) is 5.73 Å². The summed E-state index contributed by atoms with van der Waals surface area (Å²) in [5, 5.41) is 7.73. The van der Waals surface area contributed by atoms with Gasteiger partial charge in [-0.15, -0.1) is 5.10 Å². The predicted molar refractivity (Wildman–Crippen MR) is 140 cm³/mol. The van der Waals surface area contributed by atoms with Crippen molar-refractivity contribution in [1.82, 2.24) is 24.5 Å². The molecule has 0 unspecified atom stereocenters. The number of aliphatic imine (C=N–C) groups is 1. The molecule has 1 aliphatic carbocycles. The summed E-state index contributed by atoms with van der Waals surface area (Å²) in [6, 6.07) is 10.4. The van der Waals surface area contributed by atoms with Crippen molar-refractivity contribution in [3.8, 4) is 16.8 Å². The van der Waals surface area contributed by atoms with Crippen LogP contribution in [0.1, 0.15) is 48.2 Å². The molecule has 1 aromatic carbocycles. The van der Waals surface area contributed by atoms with Gasteiger partial charge < -0.3 is 10.3 Å². The molecule has 0 spiro atoms. The molecular formula is C27H18ClF4N7O. The van der Waals surface area contributed by atoms with E-state index in [4.69, 9.17) is 17.3 Å². The minimum Gasteiger partial charge on any atom is -0.384 e. The molecule has 0 amide bonds. The first-order valence-electron chi connectivity index (χ1n) is 12.3. The van der Waals surface area contributed by atoms with Gasteiger partial charge in [0.1, 0.15) is 11.5 Å². The second kappa shape index (κ2) is 8.85. The van der Waals surface area contributed by atoms with E-state index in [1.807, 2.05) is 6.07 Å². The number of nitrogens with zero attached hydrogens (tertiary/aromatic N) is 6. The zero-order valence-corrected chi connectivity index (χ0v) is 21.2. The van der Waals surface area contributed by atoms with Crippen molar-refractivity contribution in [3.05, 3.63) is 92.9 Å². The lowest BCUT2D eigenvalue weighted by atomic mass is 9.98. The molecule has 2 aliphatic heterocycles. The lowest BCUT2D eigenvalue weighted by Gasteiger charge is -2.20. The fourth-order valence-electron chi connectivity index (χ4n) is 5.80. The molecule has 0 bridgehead atoms. The van der Waals surface area contributed by atoms with Crippen molar-refractivity contribution in [3.63, 3.8) is 0 Å². The number of benzene rings is 1. The van der Waals surface area contributed by atoms with Crippen LogP contribution in [0.4, 0.5) is 23.4 Å². The normalized spacial score (nSPS) is 21.1. The number of rotatable bonds is 5. The number of nitrogen functional groups attached to an aromatic ring is 1. The number of pyridine rings is 2. The van der Waals surface area contributed by atoms with Crippen LogP contribution in [0.5, 0.6) is 0 Å². The Balaban J connectivity index is 1.26. The van der Waals surface area contributed by atoms with E-state index in [1.54, 1.807) is 22.8 Å². The third-order valence-corrected chi connectivity index (χ3v) is 7.87. The summed E-state index contributed by atoms with van der Waals surface area (Å²) in [6.07, 6.45) is -0.845. The topological polar surface area (TPSA) is 104 Å². The van der Waals surface area contributed by atoms with Crippen molar-refractivity contribution in [2.45, 2.75) is 31.2 Å². The molecule has 5 heterocycles. The molecule has 0 radical (unpaired) electrons. The molecule has 3 aromatic heterocycles. The highest BCUT2D eigenvalue weighted by Gasteiger charge is 2.55. The number of fused-ring (bicyclic) bond motifs is 3. The third kappa shape index (κ3) is 3.85. The van der Waals surface area contributed by atoms with Gasteiger partial charge in [-0.3, -0.25) is 4.79 Å². The number of nitrogens with two attached hydrogens (primary N) is 1. The molecule has 40 heavy (non-hydrogen) atoms. The SMILES string of the molecule is Nc1ccc(C2=C(F)N=C([C@@H]3[C@H]4C[C@H]4c4cc(-c5cc(Cl)ccc5-n5cc(C(F)F)nn5)cc(=O)n43)C2)c(F)n1.